The number of nitriles is 1. The average molecular weight is 307 g/mol. The molecule has 0 aliphatic rings. The molecule has 0 saturated carbocycles. The van der Waals surface area contributed by atoms with Crippen LogP contribution in [0.15, 0.2) is 0 Å². The van der Waals surface area contributed by atoms with Gasteiger partial charge in [-0.3, -0.25) is 4.79 Å². The average Bonchev–Trinajstić information content (AvgIpc) is 2.68. The number of anilines is 1. The summed E-state index contributed by atoms with van der Waals surface area (Å²) in [4.78, 5) is 13.2. The highest BCUT2D eigenvalue weighted by Crippen LogP contribution is 2.32. The van der Waals surface area contributed by atoms with Gasteiger partial charge < -0.3 is 11.1 Å². The third kappa shape index (κ3) is 4.83. The topological polar surface area (TPSA) is 78.9 Å². The van der Waals surface area contributed by atoms with E-state index >= 15 is 0 Å². The van der Waals surface area contributed by atoms with E-state index in [1.165, 1.54) is 11.3 Å². The maximum absolute atomic E-state index is 12.1. The fourth-order valence-corrected chi connectivity index (χ4v) is 3.41. The molecule has 3 N–H and O–H groups in total. The number of hydrogen-bond acceptors (Lipinski definition) is 4. The number of nitrogens with one attached hydrogen (secondary N) is 1. The Morgan fingerprint density at radius 3 is 2.57 bits per heavy atom. The van der Waals surface area contributed by atoms with Gasteiger partial charge in [-0.15, -0.1) is 11.3 Å². The fraction of sp³-hybridized carbons (Fsp3) is 0.625. The molecule has 0 aliphatic carbocycles. The van der Waals surface area contributed by atoms with E-state index in [4.69, 9.17) is 5.73 Å². The van der Waals surface area contributed by atoms with Crippen LogP contribution in [-0.4, -0.2) is 12.5 Å². The van der Waals surface area contributed by atoms with Crippen molar-refractivity contribution in [2.75, 3.05) is 11.9 Å². The van der Waals surface area contributed by atoms with Crippen molar-refractivity contribution in [3.05, 3.63) is 16.0 Å². The summed E-state index contributed by atoms with van der Waals surface area (Å²) in [5.74, 6) is 0.987. The van der Waals surface area contributed by atoms with Gasteiger partial charge in [0, 0.05) is 11.3 Å². The third-order valence-corrected chi connectivity index (χ3v) is 5.10. The first-order chi connectivity index (χ1) is 9.90. The molecule has 1 atom stereocenters. The second-order valence-electron chi connectivity index (χ2n) is 5.77. The molecule has 5 heteroatoms. The smallest absolute Gasteiger partial charge is 0.225 e. The van der Waals surface area contributed by atoms with Crippen LogP contribution in [0.25, 0.3) is 0 Å². The molecule has 1 aromatic rings. The number of thiophene rings is 1. The molecule has 1 rings (SSSR count). The highest BCUT2D eigenvalue weighted by Gasteiger charge is 2.17. The van der Waals surface area contributed by atoms with E-state index in [2.05, 4.69) is 25.2 Å². The number of hydrogen-bond donors (Lipinski definition) is 2. The lowest BCUT2D eigenvalue weighted by molar-refractivity contribution is -0.116. The van der Waals surface area contributed by atoms with Crippen molar-refractivity contribution in [2.45, 2.75) is 47.0 Å². The molecule has 1 unspecified atom stereocenters. The van der Waals surface area contributed by atoms with Crippen LogP contribution < -0.4 is 11.1 Å². The van der Waals surface area contributed by atoms with Crippen LogP contribution in [0.4, 0.5) is 5.00 Å². The van der Waals surface area contributed by atoms with Crippen LogP contribution >= 0.6 is 11.3 Å². The van der Waals surface area contributed by atoms with E-state index in [-0.39, 0.29) is 5.91 Å². The SMILES string of the molecule is Cc1sc(NC(=O)CCC(CCN)C(C)C)c(C#N)c1C. The van der Waals surface area contributed by atoms with Crippen molar-refractivity contribution in [2.24, 2.45) is 17.6 Å². The lowest BCUT2D eigenvalue weighted by atomic mass is 9.88. The van der Waals surface area contributed by atoms with Crippen molar-refractivity contribution in [1.82, 2.24) is 0 Å². The number of nitrogens with zero attached hydrogens (tertiary/aromatic N) is 1. The summed E-state index contributed by atoms with van der Waals surface area (Å²) >= 11 is 1.47. The van der Waals surface area contributed by atoms with Crippen LogP contribution in [0.2, 0.25) is 0 Å². The highest BCUT2D eigenvalue weighted by atomic mass is 32.1. The van der Waals surface area contributed by atoms with Gasteiger partial charge in [0.1, 0.15) is 11.1 Å². The van der Waals surface area contributed by atoms with Crippen molar-refractivity contribution in [1.29, 1.82) is 5.26 Å². The molecular formula is C16H25N3OS. The Bertz CT molecular complexity index is 528. The first-order valence-corrected chi connectivity index (χ1v) is 8.22. The maximum atomic E-state index is 12.1. The molecule has 0 fully saturated rings. The Hall–Kier alpha value is -1.38. The first kappa shape index (κ1) is 17.7. The minimum atomic E-state index is -0.0181. The minimum Gasteiger partial charge on any atom is -0.330 e. The number of rotatable bonds is 7. The Morgan fingerprint density at radius 2 is 2.05 bits per heavy atom. The van der Waals surface area contributed by atoms with E-state index in [0.717, 1.165) is 23.3 Å². The lowest BCUT2D eigenvalue weighted by Crippen LogP contribution is -2.18. The lowest BCUT2D eigenvalue weighted by Gasteiger charge is -2.19. The summed E-state index contributed by atoms with van der Waals surface area (Å²) in [6.07, 6.45) is 2.27. The Labute approximate surface area is 131 Å². The zero-order chi connectivity index (χ0) is 16.0. The van der Waals surface area contributed by atoms with Gasteiger partial charge >= 0.3 is 0 Å². The predicted octanol–water partition coefficient (Wildman–Crippen LogP) is 3.58. The maximum Gasteiger partial charge on any atom is 0.225 e. The molecule has 0 spiro atoms. The van der Waals surface area contributed by atoms with Gasteiger partial charge in [0.25, 0.3) is 0 Å². The highest BCUT2D eigenvalue weighted by molar-refractivity contribution is 7.16. The molecule has 0 radical (unpaired) electrons. The third-order valence-electron chi connectivity index (χ3n) is 3.97. The molecule has 1 heterocycles. The van der Waals surface area contributed by atoms with Crippen LogP contribution in [0.1, 0.15) is 49.1 Å². The summed E-state index contributed by atoms with van der Waals surface area (Å²) in [7, 11) is 0. The Morgan fingerprint density at radius 1 is 1.38 bits per heavy atom. The van der Waals surface area contributed by atoms with E-state index in [9.17, 15) is 10.1 Å². The van der Waals surface area contributed by atoms with Crippen molar-refractivity contribution in [3.63, 3.8) is 0 Å². The summed E-state index contributed by atoms with van der Waals surface area (Å²) in [6.45, 7) is 8.87. The van der Waals surface area contributed by atoms with Gasteiger partial charge in [0.15, 0.2) is 0 Å². The van der Waals surface area contributed by atoms with Gasteiger partial charge in [-0.2, -0.15) is 5.26 Å². The van der Waals surface area contributed by atoms with Crippen LogP contribution in [-0.2, 0) is 4.79 Å². The van der Waals surface area contributed by atoms with Crippen molar-refractivity contribution >= 4 is 22.2 Å². The standard InChI is InChI=1S/C16H25N3OS/c1-10(2)13(7-8-17)5-6-15(20)19-16-14(9-18)11(3)12(4)21-16/h10,13H,5-8,17H2,1-4H3,(H,19,20). The second kappa shape index (κ2) is 8.16. The fourth-order valence-electron chi connectivity index (χ4n) is 2.38. The van der Waals surface area contributed by atoms with Gasteiger partial charge in [0.2, 0.25) is 5.91 Å². The van der Waals surface area contributed by atoms with Crippen molar-refractivity contribution < 1.29 is 4.79 Å². The van der Waals surface area contributed by atoms with Gasteiger partial charge in [-0.1, -0.05) is 13.8 Å². The normalized spacial score (nSPS) is 12.2. The molecule has 1 aromatic heterocycles. The van der Waals surface area contributed by atoms with E-state index in [1.807, 2.05) is 13.8 Å². The number of carbonyl (C=O) groups excluding carboxylic acids is 1. The van der Waals surface area contributed by atoms with Gasteiger partial charge in [-0.25, -0.2) is 0 Å². The molecule has 0 aliphatic heterocycles. The zero-order valence-electron chi connectivity index (χ0n) is 13.3. The van der Waals surface area contributed by atoms with E-state index in [0.29, 0.717) is 35.4 Å². The minimum absolute atomic E-state index is 0.0181. The number of aryl methyl sites for hydroxylation is 1. The molecule has 4 nitrogen and oxygen atoms in total. The van der Waals surface area contributed by atoms with Crippen LogP contribution in [0.5, 0.6) is 0 Å². The molecule has 1 amide bonds. The van der Waals surface area contributed by atoms with Crippen molar-refractivity contribution in [3.8, 4) is 6.07 Å². The second-order valence-corrected chi connectivity index (χ2v) is 6.99. The Kier molecular flexibility index (Phi) is 6.86. The molecule has 116 valence electrons. The molecule has 0 aromatic carbocycles. The molecule has 0 saturated heterocycles. The monoisotopic (exact) mass is 307 g/mol. The van der Waals surface area contributed by atoms with E-state index in [1.54, 1.807) is 0 Å². The largest absolute Gasteiger partial charge is 0.330 e. The number of nitrogens with two attached hydrogens (primary N) is 1. The van der Waals surface area contributed by atoms with Crippen LogP contribution in [0, 0.1) is 37.0 Å². The summed E-state index contributed by atoms with van der Waals surface area (Å²) in [5, 5.41) is 12.7. The number of amides is 1. The molecular weight excluding hydrogens is 282 g/mol. The predicted molar refractivity (Wildman–Crippen MR) is 88.4 cm³/mol. The first-order valence-electron chi connectivity index (χ1n) is 7.40. The molecule has 0 bridgehead atoms. The zero-order valence-corrected chi connectivity index (χ0v) is 14.1. The summed E-state index contributed by atoms with van der Waals surface area (Å²) in [6, 6.07) is 2.17. The Balaban J connectivity index is 2.62. The molecule has 21 heavy (non-hydrogen) atoms. The summed E-state index contributed by atoms with van der Waals surface area (Å²) in [5.41, 5.74) is 7.17. The quantitative estimate of drug-likeness (QED) is 0.808. The van der Waals surface area contributed by atoms with Crippen LogP contribution in [0.3, 0.4) is 0 Å². The van der Waals surface area contributed by atoms with Gasteiger partial charge in [0.05, 0.1) is 5.56 Å². The van der Waals surface area contributed by atoms with Gasteiger partial charge in [-0.05, 0) is 50.6 Å². The number of carbonyl (C=O) groups is 1. The summed E-state index contributed by atoms with van der Waals surface area (Å²) < 4.78 is 0. The van der Waals surface area contributed by atoms with E-state index < -0.39 is 0 Å².